The molecule has 0 aromatic carbocycles. The Morgan fingerprint density at radius 1 is 1.33 bits per heavy atom. The van der Waals surface area contributed by atoms with Crippen molar-refractivity contribution < 1.29 is 35.0 Å². The van der Waals surface area contributed by atoms with E-state index >= 15 is 0 Å². The molecule has 0 spiro atoms. The summed E-state index contributed by atoms with van der Waals surface area (Å²) in [6, 6.07) is 0. The van der Waals surface area contributed by atoms with Gasteiger partial charge >= 0.3 is 29.6 Å². The van der Waals surface area contributed by atoms with Gasteiger partial charge in [0.25, 0.3) is 0 Å². The largest absolute Gasteiger partial charge is 1.00 e. The monoisotopic (exact) mass is 97.1 g/mol. The van der Waals surface area contributed by atoms with Gasteiger partial charge in [-0.05, 0) is 0 Å². The summed E-state index contributed by atoms with van der Waals surface area (Å²) in [7, 11) is 0. The molecule has 0 unspecified atom stereocenters. The Balaban J connectivity index is -0.0000000450. The SMILES string of the molecule is [CH2-]C(C)C.[Na+].[OH-]. The van der Waals surface area contributed by atoms with Crippen LogP contribution in [0.4, 0.5) is 0 Å². The van der Waals surface area contributed by atoms with Crippen LogP contribution >= 0.6 is 0 Å². The van der Waals surface area contributed by atoms with E-state index in [1.807, 2.05) is 0 Å². The van der Waals surface area contributed by atoms with Crippen LogP contribution in [0.5, 0.6) is 0 Å². The molecule has 2 heteroatoms. The van der Waals surface area contributed by atoms with Crippen molar-refractivity contribution in [3.05, 3.63) is 6.92 Å². The maximum atomic E-state index is 3.64. The molecule has 0 rings (SSSR count). The molecular weight excluding hydrogens is 87.0 g/mol. The molecule has 1 N–H and O–H groups in total. The minimum absolute atomic E-state index is 0. The van der Waals surface area contributed by atoms with Crippen LogP contribution in [-0.2, 0) is 0 Å². The van der Waals surface area contributed by atoms with Gasteiger partial charge < -0.3 is 12.4 Å². The summed E-state index contributed by atoms with van der Waals surface area (Å²) in [4.78, 5) is 0. The summed E-state index contributed by atoms with van der Waals surface area (Å²) in [6.07, 6.45) is 0. The number of rotatable bonds is 0. The van der Waals surface area contributed by atoms with Gasteiger partial charge in [-0.15, -0.1) is 0 Å². The molecule has 6 heavy (non-hydrogen) atoms. The van der Waals surface area contributed by atoms with Gasteiger partial charge in [-0.2, -0.15) is 5.92 Å². The molecule has 0 radical (unpaired) electrons. The van der Waals surface area contributed by atoms with Crippen LogP contribution in [0.1, 0.15) is 13.8 Å². The molecule has 0 aliphatic rings. The van der Waals surface area contributed by atoms with Crippen molar-refractivity contribution in [2.45, 2.75) is 13.8 Å². The Morgan fingerprint density at radius 3 is 1.33 bits per heavy atom. The molecule has 1 nitrogen and oxygen atoms in total. The molecule has 0 aromatic heterocycles. The van der Waals surface area contributed by atoms with Crippen molar-refractivity contribution >= 4 is 0 Å². The van der Waals surface area contributed by atoms with Gasteiger partial charge in [0.2, 0.25) is 0 Å². The average Bonchev–Trinajstić information content (AvgIpc) is 0.811. The van der Waals surface area contributed by atoms with Crippen LogP contribution in [0.2, 0.25) is 0 Å². The molecular formula is C4H10NaO-. The van der Waals surface area contributed by atoms with Gasteiger partial charge in [0, 0.05) is 0 Å². The van der Waals surface area contributed by atoms with E-state index in [1.54, 1.807) is 0 Å². The standard InChI is InChI=1S/C4H9.Na.H2O/c1-4(2)3;;/h4H,1H2,2-3H3;;1H2/q-1;+1;/p-1. The minimum Gasteiger partial charge on any atom is -0.870 e. The Kier molecular flexibility index (Phi) is 24.6. The second-order valence-electron chi connectivity index (χ2n) is 1.39. The summed E-state index contributed by atoms with van der Waals surface area (Å²) in [5.41, 5.74) is 0. The third-order valence-electron chi connectivity index (χ3n) is 0. The number of hydrogen-bond donors (Lipinski definition) is 0. The van der Waals surface area contributed by atoms with Gasteiger partial charge in [-0.25, -0.2) is 0 Å². The van der Waals surface area contributed by atoms with E-state index in [0.29, 0.717) is 5.92 Å². The quantitative estimate of drug-likeness (QED) is 0.262. The molecule has 0 saturated heterocycles. The summed E-state index contributed by atoms with van der Waals surface area (Å²) < 4.78 is 0. The van der Waals surface area contributed by atoms with Crippen LogP contribution in [0.25, 0.3) is 0 Å². The van der Waals surface area contributed by atoms with Gasteiger partial charge in [0.1, 0.15) is 0 Å². The Hall–Kier alpha value is 0.960. The number of hydrogen-bond acceptors (Lipinski definition) is 1. The van der Waals surface area contributed by atoms with Gasteiger partial charge in [-0.3, -0.25) is 0 Å². The molecule has 0 amide bonds. The second-order valence-corrected chi connectivity index (χ2v) is 1.39. The maximum absolute atomic E-state index is 3.64. The van der Waals surface area contributed by atoms with Gasteiger partial charge in [-0.1, -0.05) is 13.8 Å². The molecule has 0 fully saturated rings. The van der Waals surface area contributed by atoms with Crippen molar-refractivity contribution in [2.75, 3.05) is 0 Å². The molecule has 0 aromatic rings. The molecule has 0 heterocycles. The predicted octanol–water partition coefficient (Wildman–Crippen LogP) is -1.70. The van der Waals surface area contributed by atoms with E-state index in [-0.39, 0.29) is 35.0 Å². The molecule has 0 aliphatic heterocycles. The minimum atomic E-state index is 0. The van der Waals surface area contributed by atoms with Crippen molar-refractivity contribution in [3.8, 4) is 0 Å². The van der Waals surface area contributed by atoms with E-state index in [2.05, 4.69) is 20.8 Å². The second kappa shape index (κ2) is 9.35. The third kappa shape index (κ3) is 84.4. The molecule has 0 bridgehead atoms. The average molecular weight is 97.1 g/mol. The normalized spacial score (nSPS) is 6.00. The fourth-order valence-electron chi connectivity index (χ4n) is 0. The maximum Gasteiger partial charge on any atom is 1.00 e. The van der Waals surface area contributed by atoms with E-state index in [1.165, 1.54) is 0 Å². The summed E-state index contributed by atoms with van der Waals surface area (Å²) in [5.74, 6) is 0.583. The zero-order chi connectivity index (χ0) is 3.58. The van der Waals surface area contributed by atoms with Gasteiger partial charge in [0.05, 0.1) is 0 Å². The van der Waals surface area contributed by atoms with Crippen molar-refractivity contribution in [2.24, 2.45) is 5.92 Å². The third-order valence-corrected chi connectivity index (χ3v) is 0. The van der Waals surface area contributed by atoms with Gasteiger partial charge in [0.15, 0.2) is 0 Å². The fraction of sp³-hybridized carbons (Fsp3) is 0.750. The first-order valence-corrected chi connectivity index (χ1v) is 1.56. The van der Waals surface area contributed by atoms with Crippen molar-refractivity contribution in [3.63, 3.8) is 0 Å². The van der Waals surface area contributed by atoms with Crippen molar-refractivity contribution in [1.82, 2.24) is 0 Å². The van der Waals surface area contributed by atoms with E-state index < -0.39 is 0 Å². The summed E-state index contributed by atoms with van der Waals surface area (Å²) in [5, 5.41) is 0. The van der Waals surface area contributed by atoms with Crippen LogP contribution < -0.4 is 29.6 Å². The smallest absolute Gasteiger partial charge is 0.870 e. The first kappa shape index (κ1) is 15.8. The van der Waals surface area contributed by atoms with E-state index in [4.69, 9.17) is 0 Å². The zero-order valence-electron chi connectivity index (χ0n) is 4.73. The Labute approximate surface area is 61.7 Å². The molecule has 0 atom stereocenters. The predicted molar refractivity (Wildman–Crippen MR) is 22.1 cm³/mol. The Bertz CT molecular complexity index is 12.3. The first-order chi connectivity index (χ1) is 1.73. The first-order valence-electron chi connectivity index (χ1n) is 1.56. The summed E-state index contributed by atoms with van der Waals surface area (Å²) >= 11 is 0. The molecule has 0 aliphatic carbocycles. The fourth-order valence-corrected chi connectivity index (χ4v) is 0. The van der Waals surface area contributed by atoms with Crippen LogP contribution in [0.3, 0.4) is 0 Å². The molecule has 34 valence electrons. The summed E-state index contributed by atoms with van der Waals surface area (Å²) in [6.45, 7) is 7.75. The van der Waals surface area contributed by atoms with E-state index in [0.717, 1.165) is 0 Å². The topological polar surface area (TPSA) is 30.0 Å². The molecule has 0 saturated carbocycles. The van der Waals surface area contributed by atoms with E-state index in [9.17, 15) is 0 Å². The zero-order valence-corrected chi connectivity index (χ0v) is 6.73. The van der Waals surface area contributed by atoms with Crippen molar-refractivity contribution in [1.29, 1.82) is 0 Å². The Morgan fingerprint density at radius 2 is 1.33 bits per heavy atom. The van der Waals surface area contributed by atoms with Crippen LogP contribution in [-0.4, -0.2) is 5.48 Å². The van der Waals surface area contributed by atoms with Crippen LogP contribution in [0, 0.1) is 12.8 Å². The van der Waals surface area contributed by atoms with Crippen LogP contribution in [0.15, 0.2) is 0 Å².